The van der Waals surface area contributed by atoms with Crippen molar-refractivity contribution in [3.8, 4) is 11.5 Å². The quantitative estimate of drug-likeness (QED) is 0.708. The van der Waals surface area contributed by atoms with E-state index in [4.69, 9.17) is 15.2 Å². The summed E-state index contributed by atoms with van der Waals surface area (Å²) in [7, 11) is 0. The summed E-state index contributed by atoms with van der Waals surface area (Å²) in [6.45, 7) is 0.155. The Kier molecular flexibility index (Phi) is 2.97. The van der Waals surface area contributed by atoms with Crippen LogP contribution in [0.2, 0.25) is 0 Å². The number of anilines is 1. The predicted molar refractivity (Wildman–Crippen MR) is 84.1 cm³/mol. The van der Waals surface area contributed by atoms with Gasteiger partial charge in [0.1, 0.15) is 5.82 Å². The molecule has 0 radical (unpaired) electrons. The number of rotatable bonds is 2. The second kappa shape index (κ2) is 5.13. The highest BCUT2D eigenvalue weighted by molar-refractivity contribution is 6.00. The van der Waals surface area contributed by atoms with Gasteiger partial charge in [-0.3, -0.25) is 4.79 Å². The largest absolute Gasteiger partial charge is 0.454 e. The van der Waals surface area contributed by atoms with Crippen LogP contribution in [-0.4, -0.2) is 17.7 Å². The zero-order chi connectivity index (χ0) is 15.8. The number of hydrogen-bond acceptors (Lipinski definition) is 5. The summed E-state index contributed by atoms with van der Waals surface area (Å²) in [6, 6.07) is 12.4. The molecule has 0 saturated carbocycles. The molecule has 0 fully saturated rings. The molecule has 114 valence electrons. The first-order valence-corrected chi connectivity index (χ1v) is 6.94. The first kappa shape index (κ1) is 13.3. The van der Waals surface area contributed by atoms with Gasteiger partial charge in [0, 0.05) is 16.3 Å². The third kappa shape index (κ3) is 2.28. The Morgan fingerprint density at radius 2 is 1.87 bits per heavy atom. The lowest BCUT2D eigenvalue weighted by molar-refractivity contribution is 0.0994. The third-order valence-corrected chi connectivity index (χ3v) is 3.59. The van der Waals surface area contributed by atoms with Crippen molar-refractivity contribution in [3.05, 3.63) is 48.0 Å². The molecule has 23 heavy (non-hydrogen) atoms. The van der Waals surface area contributed by atoms with E-state index in [1.807, 2.05) is 24.3 Å². The molecule has 7 heteroatoms. The second-order valence-electron chi connectivity index (χ2n) is 5.01. The van der Waals surface area contributed by atoms with E-state index in [1.54, 1.807) is 18.2 Å². The first-order chi connectivity index (χ1) is 11.2. The van der Waals surface area contributed by atoms with E-state index in [0.717, 1.165) is 10.8 Å². The van der Waals surface area contributed by atoms with E-state index in [1.165, 1.54) is 0 Å². The van der Waals surface area contributed by atoms with Crippen LogP contribution in [0.3, 0.4) is 0 Å². The molecule has 0 spiro atoms. The molecular formula is C16H12N4O3. The number of nitrogens with one attached hydrogen (secondary N) is 1. The summed E-state index contributed by atoms with van der Waals surface area (Å²) in [4.78, 5) is 15.1. The van der Waals surface area contributed by atoms with E-state index in [-0.39, 0.29) is 6.79 Å². The molecule has 4 rings (SSSR count). The number of aromatic nitrogens is 1. The summed E-state index contributed by atoms with van der Waals surface area (Å²) in [5.74, 6) is 1.61. The standard InChI is InChI=1S/C16H12N4O3/c17-14-10-3-1-2-4-11(10)15(18-14)19-20-16(21)9-5-6-12-13(7-9)23-8-22-12/h1-7,18H,8,17H2. The Morgan fingerprint density at radius 3 is 2.74 bits per heavy atom. The number of benzene rings is 2. The molecule has 1 aliphatic heterocycles. The van der Waals surface area contributed by atoms with Crippen molar-refractivity contribution in [2.45, 2.75) is 0 Å². The lowest BCUT2D eigenvalue weighted by Gasteiger charge is -1.97. The highest BCUT2D eigenvalue weighted by Gasteiger charge is 2.16. The van der Waals surface area contributed by atoms with Crippen LogP contribution in [0.25, 0.3) is 10.8 Å². The maximum absolute atomic E-state index is 12.2. The zero-order valence-electron chi connectivity index (χ0n) is 11.9. The van der Waals surface area contributed by atoms with Gasteiger partial charge in [0.15, 0.2) is 17.3 Å². The maximum Gasteiger partial charge on any atom is 0.295 e. The molecule has 0 atom stereocenters. The second-order valence-corrected chi connectivity index (χ2v) is 5.01. The summed E-state index contributed by atoms with van der Waals surface area (Å²) in [5, 5.41) is 9.41. The number of nitrogens with two attached hydrogens (primary N) is 1. The average molecular weight is 308 g/mol. The Balaban J connectivity index is 1.64. The number of H-pyrrole nitrogens is 1. The molecule has 1 aliphatic rings. The number of carbonyl (C=O) groups is 1. The molecule has 7 nitrogen and oxygen atoms in total. The van der Waals surface area contributed by atoms with Crippen molar-refractivity contribution in [3.63, 3.8) is 0 Å². The number of nitrogen functional groups attached to an aromatic ring is 1. The predicted octanol–water partition coefficient (Wildman–Crippen LogP) is 3.40. The van der Waals surface area contributed by atoms with E-state index in [0.29, 0.717) is 28.7 Å². The number of aromatic amines is 1. The highest BCUT2D eigenvalue weighted by atomic mass is 16.7. The van der Waals surface area contributed by atoms with Gasteiger partial charge in [-0.2, -0.15) is 0 Å². The van der Waals surface area contributed by atoms with Crippen LogP contribution < -0.4 is 15.2 Å². The molecule has 0 saturated heterocycles. The fourth-order valence-corrected chi connectivity index (χ4v) is 2.45. The molecule has 1 amide bonds. The number of fused-ring (bicyclic) bond motifs is 2. The Hall–Kier alpha value is -3.35. The van der Waals surface area contributed by atoms with Crippen molar-refractivity contribution in [1.29, 1.82) is 0 Å². The number of hydrogen-bond donors (Lipinski definition) is 2. The van der Waals surface area contributed by atoms with Gasteiger partial charge < -0.3 is 20.2 Å². The van der Waals surface area contributed by atoms with Crippen LogP contribution in [0.15, 0.2) is 52.7 Å². The third-order valence-electron chi connectivity index (χ3n) is 3.59. The lowest BCUT2D eigenvalue weighted by Crippen LogP contribution is -1.94. The number of azo groups is 1. The van der Waals surface area contributed by atoms with Gasteiger partial charge >= 0.3 is 0 Å². The van der Waals surface area contributed by atoms with Gasteiger partial charge in [-0.25, -0.2) is 0 Å². The van der Waals surface area contributed by atoms with Crippen LogP contribution in [0.4, 0.5) is 11.6 Å². The van der Waals surface area contributed by atoms with Crippen LogP contribution in [0, 0.1) is 0 Å². The molecular weight excluding hydrogens is 296 g/mol. The number of amides is 1. The fourth-order valence-electron chi connectivity index (χ4n) is 2.45. The molecule has 2 aromatic carbocycles. The SMILES string of the molecule is Nc1[nH]c(N=NC(=O)c2ccc3c(c2)OCO3)c2ccccc12. The van der Waals surface area contributed by atoms with E-state index < -0.39 is 5.91 Å². The normalized spacial score (nSPS) is 13.0. The van der Waals surface area contributed by atoms with Crippen molar-refractivity contribution in [2.75, 3.05) is 12.5 Å². The summed E-state index contributed by atoms with van der Waals surface area (Å²) in [6.07, 6.45) is 0. The van der Waals surface area contributed by atoms with E-state index >= 15 is 0 Å². The monoisotopic (exact) mass is 308 g/mol. The minimum absolute atomic E-state index is 0.155. The number of ether oxygens (including phenoxy) is 2. The van der Waals surface area contributed by atoms with Gasteiger partial charge in [0.25, 0.3) is 5.91 Å². The van der Waals surface area contributed by atoms with Gasteiger partial charge in [-0.15, -0.1) is 10.2 Å². The highest BCUT2D eigenvalue weighted by Crippen LogP contribution is 2.33. The maximum atomic E-state index is 12.2. The van der Waals surface area contributed by atoms with Crippen molar-refractivity contribution in [2.24, 2.45) is 10.2 Å². The lowest BCUT2D eigenvalue weighted by atomic mass is 10.2. The first-order valence-electron chi connectivity index (χ1n) is 6.94. The molecule has 2 heterocycles. The number of nitrogens with zero attached hydrogens (tertiary/aromatic N) is 2. The minimum Gasteiger partial charge on any atom is -0.454 e. The fraction of sp³-hybridized carbons (Fsp3) is 0.0625. The van der Waals surface area contributed by atoms with Crippen molar-refractivity contribution >= 4 is 28.3 Å². The molecule has 0 aliphatic carbocycles. The molecule has 3 aromatic rings. The van der Waals surface area contributed by atoms with Gasteiger partial charge in [0.05, 0.1) is 0 Å². The van der Waals surface area contributed by atoms with Gasteiger partial charge in [0.2, 0.25) is 6.79 Å². The van der Waals surface area contributed by atoms with E-state index in [9.17, 15) is 4.79 Å². The van der Waals surface area contributed by atoms with Gasteiger partial charge in [-0.05, 0) is 18.2 Å². The Labute approximate surface area is 130 Å². The minimum atomic E-state index is -0.472. The molecule has 0 bridgehead atoms. The average Bonchev–Trinajstić information content (AvgIpc) is 3.17. The van der Waals surface area contributed by atoms with Crippen LogP contribution in [-0.2, 0) is 0 Å². The van der Waals surface area contributed by atoms with Crippen molar-refractivity contribution < 1.29 is 14.3 Å². The Morgan fingerprint density at radius 1 is 1.09 bits per heavy atom. The smallest absolute Gasteiger partial charge is 0.295 e. The topological polar surface area (TPSA) is 102 Å². The van der Waals surface area contributed by atoms with Crippen LogP contribution in [0.5, 0.6) is 11.5 Å². The van der Waals surface area contributed by atoms with Gasteiger partial charge in [-0.1, -0.05) is 24.3 Å². The summed E-state index contributed by atoms with van der Waals surface area (Å²) in [5.41, 5.74) is 6.26. The van der Waals surface area contributed by atoms with Crippen molar-refractivity contribution in [1.82, 2.24) is 4.98 Å². The molecule has 1 aromatic heterocycles. The molecule has 3 N–H and O–H groups in total. The van der Waals surface area contributed by atoms with E-state index in [2.05, 4.69) is 15.2 Å². The van der Waals surface area contributed by atoms with Crippen LogP contribution in [0.1, 0.15) is 10.4 Å². The van der Waals surface area contributed by atoms with Crippen LogP contribution >= 0.6 is 0 Å². The molecule has 0 unspecified atom stereocenters. The zero-order valence-corrected chi connectivity index (χ0v) is 11.9. The summed E-state index contributed by atoms with van der Waals surface area (Å²) >= 11 is 0. The number of carbonyl (C=O) groups excluding carboxylic acids is 1. The Bertz CT molecular complexity index is 946. The summed E-state index contributed by atoms with van der Waals surface area (Å²) < 4.78 is 10.5.